The van der Waals surface area contributed by atoms with Crippen LogP contribution >= 0.6 is 0 Å². The second-order valence-corrected chi connectivity index (χ2v) is 4.13. The summed E-state index contributed by atoms with van der Waals surface area (Å²) < 4.78 is 5.66. The molecular formula is C14H18N2O2. The first-order chi connectivity index (χ1) is 8.79. The molecule has 0 bridgehead atoms. The zero-order valence-electron chi connectivity index (χ0n) is 10.5. The summed E-state index contributed by atoms with van der Waals surface area (Å²) in [5.74, 6) is 0.839. The first-order valence-corrected chi connectivity index (χ1v) is 6.26. The standard InChI is InChI=1S/C14H18N2O2/c1-2-15-8-3-9-18-12-5-6-13-11(10-12)4-7-14(17)16-13/h4-7,10,15H,2-3,8-9H2,1H3,(H,16,17). The number of nitrogens with one attached hydrogen (secondary N) is 2. The van der Waals surface area contributed by atoms with E-state index in [0.29, 0.717) is 6.61 Å². The molecule has 0 fully saturated rings. The smallest absolute Gasteiger partial charge is 0.248 e. The van der Waals surface area contributed by atoms with Crippen LogP contribution in [-0.2, 0) is 0 Å². The summed E-state index contributed by atoms with van der Waals surface area (Å²) >= 11 is 0. The second kappa shape index (κ2) is 6.21. The van der Waals surface area contributed by atoms with Crippen LogP contribution in [0.1, 0.15) is 13.3 Å². The first kappa shape index (κ1) is 12.6. The van der Waals surface area contributed by atoms with Gasteiger partial charge < -0.3 is 15.0 Å². The lowest BCUT2D eigenvalue weighted by Gasteiger charge is -2.07. The lowest BCUT2D eigenvalue weighted by Crippen LogP contribution is -2.16. The molecule has 1 heterocycles. The van der Waals surface area contributed by atoms with E-state index >= 15 is 0 Å². The van der Waals surface area contributed by atoms with E-state index in [1.54, 1.807) is 6.07 Å². The number of aromatic nitrogens is 1. The third kappa shape index (κ3) is 3.34. The van der Waals surface area contributed by atoms with Crippen LogP contribution in [0.4, 0.5) is 0 Å². The molecule has 2 aromatic rings. The van der Waals surface area contributed by atoms with Crippen LogP contribution < -0.4 is 15.6 Å². The fourth-order valence-corrected chi connectivity index (χ4v) is 1.79. The number of rotatable bonds is 6. The summed E-state index contributed by atoms with van der Waals surface area (Å²) in [6.45, 7) is 4.74. The van der Waals surface area contributed by atoms with Crippen molar-refractivity contribution in [3.63, 3.8) is 0 Å². The number of fused-ring (bicyclic) bond motifs is 1. The molecule has 0 aliphatic rings. The van der Waals surface area contributed by atoms with E-state index < -0.39 is 0 Å². The summed E-state index contributed by atoms with van der Waals surface area (Å²) in [4.78, 5) is 13.9. The summed E-state index contributed by atoms with van der Waals surface area (Å²) in [7, 11) is 0. The van der Waals surface area contributed by atoms with E-state index in [1.165, 1.54) is 6.07 Å². The highest BCUT2D eigenvalue weighted by atomic mass is 16.5. The van der Waals surface area contributed by atoms with Crippen molar-refractivity contribution >= 4 is 10.9 Å². The van der Waals surface area contributed by atoms with Crippen molar-refractivity contribution in [2.24, 2.45) is 0 Å². The molecule has 0 aliphatic carbocycles. The van der Waals surface area contributed by atoms with Crippen molar-refractivity contribution in [2.45, 2.75) is 13.3 Å². The van der Waals surface area contributed by atoms with Crippen molar-refractivity contribution < 1.29 is 4.74 Å². The van der Waals surface area contributed by atoms with Gasteiger partial charge in [0.2, 0.25) is 5.56 Å². The molecule has 2 rings (SSSR count). The fraction of sp³-hybridized carbons (Fsp3) is 0.357. The number of aromatic amines is 1. The molecule has 4 heteroatoms. The van der Waals surface area contributed by atoms with Crippen LogP contribution in [0.2, 0.25) is 0 Å². The lowest BCUT2D eigenvalue weighted by atomic mass is 10.2. The maximum absolute atomic E-state index is 11.1. The molecular weight excluding hydrogens is 228 g/mol. The SMILES string of the molecule is CCNCCCOc1ccc2[nH]c(=O)ccc2c1. The van der Waals surface area contributed by atoms with Gasteiger partial charge in [-0.05, 0) is 43.8 Å². The zero-order valence-corrected chi connectivity index (χ0v) is 10.5. The average molecular weight is 246 g/mol. The molecule has 4 nitrogen and oxygen atoms in total. The predicted octanol–water partition coefficient (Wildman–Crippen LogP) is 1.91. The molecule has 0 aliphatic heterocycles. The molecule has 1 aromatic carbocycles. The Morgan fingerprint density at radius 1 is 1.28 bits per heavy atom. The van der Waals surface area contributed by atoms with Crippen LogP contribution in [0.5, 0.6) is 5.75 Å². The molecule has 0 atom stereocenters. The van der Waals surface area contributed by atoms with Gasteiger partial charge in [0, 0.05) is 17.0 Å². The van der Waals surface area contributed by atoms with E-state index in [2.05, 4.69) is 17.2 Å². The third-order valence-corrected chi connectivity index (χ3v) is 2.71. The molecule has 96 valence electrons. The number of hydrogen-bond donors (Lipinski definition) is 2. The highest BCUT2D eigenvalue weighted by Crippen LogP contribution is 2.18. The van der Waals surface area contributed by atoms with E-state index in [4.69, 9.17) is 4.74 Å². The molecule has 0 saturated heterocycles. The Bertz CT molecular complexity index is 563. The first-order valence-electron chi connectivity index (χ1n) is 6.26. The molecule has 0 radical (unpaired) electrons. The number of ether oxygens (including phenoxy) is 1. The number of H-pyrrole nitrogens is 1. The molecule has 0 saturated carbocycles. The van der Waals surface area contributed by atoms with Gasteiger partial charge >= 0.3 is 0 Å². The molecule has 0 amide bonds. The summed E-state index contributed by atoms with van der Waals surface area (Å²) in [6.07, 6.45) is 0.984. The van der Waals surface area contributed by atoms with Crippen LogP contribution in [0.15, 0.2) is 35.1 Å². The van der Waals surface area contributed by atoms with Gasteiger partial charge in [-0.2, -0.15) is 0 Å². The maximum Gasteiger partial charge on any atom is 0.248 e. The number of pyridine rings is 1. The van der Waals surface area contributed by atoms with Gasteiger partial charge in [-0.15, -0.1) is 0 Å². The quantitative estimate of drug-likeness (QED) is 0.765. The predicted molar refractivity (Wildman–Crippen MR) is 73.2 cm³/mol. The van der Waals surface area contributed by atoms with Gasteiger partial charge in [0.1, 0.15) is 5.75 Å². The Morgan fingerprint density at radius 2 is 2.17 bits per heavy atom. The summed E-state index contributed by atoms with van der Waals surface area (Å²) in [6, 6.07) is 9.03. The Labute approximate surface area is 106 Å². The summed E-state index contributed by atoms with van der Waals surface area (Å²) in [5.41, 5.74) is 0.754. The molecule has 18 heavy (non-hydrogen) atoms. The van der Waals surface area contributed by atoms with Crippen LogP contribution in [0.3, 0.4) is 0 Å². The minimum atomic E-state index is -0.0817. The van der Waals surface area contributed by atoms with E-state index in [0.717, 1.165) is 36.2 Å². The Hall–Kier alpha value is -1.81. The van der Waals surface area contributed by atoms with E-state index in [-0.39, 0.29) is 5.56 Å². The second-order valence-electron chi connectivity index (χ2n) is 4.13. The van der Waals surface area contributed by atoms with E-state index in [9.17, 15) is 4.79 Å². The monoisotopic (exact) mass is 246 g/mol. The van der Waals surface area contributed by atoms with Crippen molar-refractivity contribution in [3.05, 3.63) is 40.7 Å². The van der Waals surface area contributed by atoms with E-state index in [1.807, 2.05) is 18.2 Å². The fourth-order valence-electron chi connectivity index (χ4n) is 1.79. The Morgan fingerprint density at radius 3 is 3.00 bits per heavy atom. The van der Waals surface area contributed by atoms with Crippen molar-refractivity contribution in [1.29, 1.82) is 0 Å². The van der Waals surface area contributed by atoms with Crippen LogP contribution in [-0.4, -0.2) is 24.7 Å². The highest BCUT2D eigenvalue weighted by molar-refractivity contribution is 5.79. The Balaban J connectivity index is 1.97. The maximum atomic E-state index is 11.1. The molecule has 2 N–H and O–H groups in total. The largest absolute Gasteiger partial charge is 0.494 e. The molecule has 0 unspecified atom stereocenters. The molecule has 0 spiro atoms. The Kier molecular flexibility index (Phi) is 4.36. The third-order valence-electron chi connectivity index (χ3n) is 2.71. The van der Waals surface area contributed by atoms with Crippen LogP contribution in [0, 0.1) is 0 Å². The molecule has 1 aromatic heterocycles. The topological polar surface area (TPSA) is 54.1 Å². The average Bonchev–Trinajstić information content (AvgIpc) is 2.38. The normalized spacial score (nSPS) is 10.7. The minimum Gasteiger partial charge on any atom is -0.494 e. The van der Waals surface area contributed by atoms with Gasteiger partial charge in [-0.25, -0.2) is 0 Å². The number of hydrogen-bond acceptors (Lipinski definition) is 3. The van der Waals surface area contributed by atoms with Crippen molar-refractivity contribution in [1.82, 2.24) is 10.3 Å². The van der Waals surface area contributed by atoms with Gasteiger partial charge in [0.05, 0.1) is 6.61 Å². The summed E-state index contributed by atoms with van der Waals surface area (Å²) in [5, 5.41) is 4.24. The number of benzene rings is 1. The lowest BCUT2D eigenvalue weighted by molar-refractivity contribution is 0.309. The van der Waals surface area contributed by atoms with Gasteiger partial charge in [-0.1, -0.05) is 6.92 Å². The minimum absolute atomic E-state index is 0.0817. The highest BCUT2D eigenvalue weighted by Gasteiger charge is 1.98. The van der Waals surface area contributed by atoms with Crippen molar-refractivity contribution in [2.75, 3.05) is 19.7 Å². The van der Waals surface area contributed by atoms with Gasteiger partial charge in [-0.3, -0.25) is 4.79 Å². The zero-order chi connectivity index (χ0) is 12.8. The van der Waals surface area contributed by atoms with Crippen molar-refractivity contribution in [3.8, 4) is 5.75 Å². The van der Waals surface area contributed by atoms with Gasteiger partial charge in [0.15, 0.2) is 0 Å². The van der Waals surface area contributed by atoms with Crippen LogP contribution in [0.25, 0.3) is 10.9 Å². The van der Waals surface area contributed by atoms with Gasteiger partial charge in [0.25, 0.3) is 0 Å².